The molecule has 0 saturated heterocycles. The Labute approximate surface area is 181 Å². The van der Waals surface area contributed by atoms with E-state index in [0.29, 0.717) is 19.1 Å². The number of hydrogen-bond donors (Lipinski definition) is 0. The van der Waals surface area contributed by atoms with E-state index in [-0.39, 0.29) is 0 Å². The van der Waals surface area contributed by atoms with Crippen molar-refractivity contribution in [1.29, 1.82) is 0 Å². The van der Waals surface area contributed by atoms with Crippen LogP contribution in [-0.2, 0) is 23.7 Å². The Bertz CT molecular complexity index is 553. The molecule has 0 fully saturated rings. The Morgan fingerprint density at radius 1 is 0.833 bits per heavy atom. The molecule has 0 aromatic heterocycles. The molecule has 0 heterocycles. The molecule has 0 aromatic rings. The standard InChI is InChI=1S/C17H39O3P2.CHF3O3S/c1-6-11-14-21(15-12-7-2,16-13-8-3)17-22(18,19-9-4)20-10-5;2-1(3,4)8(5,6)7/h6-17H2,1-5H3;(H,5,6,7)/q+1;/p-1. The highest BCUT2D eigenvalue weighted by Gasteiger charge is 2.44. The molecule has 0 aromatic carbocycles. The molecule has 0 N–H and O–H groups in total. The zero-order valence-electron chi connectivity index (χ0n) is 18.9. The lowest BCUT2D eigenvalue weighted by molar-refractivity contribution is -0.0517. The van der Waals surface area contributed by atoms with Crippen LogP contribution in [0.15, 0.2) is 0 Å². The van der Waals surface area contributed by atoms with Gasteiger partial charge in [0.05, 0.1) is 31.7 Å². The summed E-state index contributed by atoms with van der Waals surface area (Å²) in [5, 5.41) is 0. The fraction of sp³-hybridized carbons (Fsp3) is 1.00. The van der Waals surface area contributed by atoms with Gasteiger partial charge < -0.3 is 13.6 Å². The molecular formula is C18H39F3O6P2S. The molecule has 0 rings (SSSR count). The van der Waals surface area contributed by atoms with Crippen LogP contribution in [0.5, 0.6) is 0 Å². The van der Waals surface area contributed by atoms with E-state index in [1.165, 1.54) is 57.0 Å². The Hall–Kier alpha value is 0.280. The van der Waals surface area contributed by atoms with E-state index in [1.807, 2.05) is 13.8 Å². The van der Waals surface area contributed by atoms with E-state index >= 15 is 0 Å². The second-order valence-corrected chi connectivity index (χ2v) is 15.3. The van der Waals surface area contributed by atoms with Crippen molar-refractivity contribution >= 4 is 25.0 Å². The maximum absolute atomic E-state index is 13.1. The molecule has 0 aliphatic heterocycles. The minimum atomic E-state index is -6.09. The number of halogens is 3. The Kier molecular flexibility index (Phi) is 17.3. The summed E-state index contributed by atoms with van der Waals surface area (Å²) in [5.41, 5.74) is -5.65. The molecule has 0 atom stereocenters. The van der Waals surface area contributed by atoms with Gasteiger partial charge >= 0.3 is 13.1 Å². The van der Waals surface area contributed by atoms with Gasteiger partial charge in [-0.25, -0.2) is 8.42 Å². The summed E-state index contributed by atoms with van der Waals surface area (Å²) in [5.74, 6) is 0.710. The summed E-state index contributed by atoms with van der Waals surface area (Å²) in [6.45, 7) is 11.5. The van der Waals surface area contributed by atoms with Gasteiger partial charge in [-0.3, -0.25) is 4.57 Å². The maximum Gasteiger partial charge on any atom is 0.485 e. The van der Waals surface area contributed by atoms with E-state index in [1.54, 1.807) is 0 Å². The van der Waals surface area contributed by atoms with E-state index in [4.69, 9.17) is 22.0 Å². The van der Waals surface area contributed by atoms with Crippen molar-refractivity contribution in [2.75, 3.05) is 37.6 Å². The van der Waals surface area contributed by atoms with Crippen LogP contribution in [-0.4, -0.2) is 56.1 Å². The fourth-order valence-corrected chi connectivity index (χ4v) is 12.7. The first-order valence-corrected chi connectivity index (χ1v) is 16.2. The molecule has 6 nitrogen and oxygen atoms in total. The van der Waals surface area contributed by atoms with E-state index in [9.17, 15) is 17.7 Å². The second-order valence-electron chi connectivity index (χ2n) is 7.06. The lowest BCUT2D eigenvalue weighted by atomic mass is 10.4. The third kappa shape index (κ3) is 14.4. The van der Waals surface area contributed by atoms with Gasteiger partial charge in [-0.2, -0.15) is 13.2 Å². The monoisotopic (exact) mass is 502 g/mol. The molecule has 30 heavy (non-hydrogen) atoms. The average molecular weight is 503 g/mol. The molecule has 0 aliphatic carbocycles. The number of alkyl halides is 3. The van der Waals surface area contributed by atoms with Crippen LogP contribution >= 0.6 is 14.9 Å². The van der Waals surface area contributed by atoms with Gasteiger partial charge in [-0.05, 0) is 33.1 Å². The lowest BCUT2D eigenvalue weighted by Gasteiger charge is -2.30. The van der Waals surface area contributed by atoms with Gasteiger partial charge in [0.2, 0.25) is 0 Å². The highest BCUT2D eigenvalue weighted by atomic mass is 32.2. The van der Waals surface area contributed by atoms with Crippen LogP contribution in [0.3, 0.4) is 0 Å². The maximum atomic E-state index is 13.1. The molecule has 0 bridgehead atoms. The van der Waals surface area contributed by atoms with Gasteiger partial charge in [-0.1, -0.05) is 40.0 Å². The topological polar surface area (TPSA) is 92.7 Å². The van der Waals surface area contributed by atoms with Crippen LogP contribution in [0, 0.1) is 0 Å². The number of unbranched alkanes of at least 4 members (excludes halogenated alkanes) is 3. The molecule has 0 radical (unpaired) electrons. The molecule has 0 spiro atoms. The third-order valence-corrected chi connectivity index (χ3v) is 13.8. The summed E-state index contributed by atoms with van der Waals surface area (Å²) in [6, 6.07) is 0. The predicted octanol–water partition coefficient (Wildman–Crippen LogP) is 6.68. The highest BCUT2D eigenvalue weighted by Crippen LogP contribution is 2.71. The minimum absolute atomic E-state index is 0.479. The molecule has 0 amide bonds. The van der Waals surface area contributed by atoms with Crippen LogP contribution in [0.25, 0.3) is 0 Å². The van der Waals surface area contributed by atoms with E-state index in [2.05, 4.69) is 20.8 Å². The number of rotatable bonds is 15. The molecule has 0 saturated carbocycles. The van der Waals surface area contributed by atoms with Crippen LogP contribution in [0.2, 0.25) is 0 Å². The Morgan fingerprint density at radius 2 is 1.13 bits per heavy atom. The summed E-state index contributed by atoms with van der Waals surface area (Å²) in [6.07, 6.45) is 11.2. The SMILES string of the molecule is CCCC[P+](CCCC)(CCCC)CP(=O)(OCC)OCC.O=S(=O)([O-])C(F)(F)F. The first-order chi connectivity index (χ1) is 13.8. The highest BCUT2D eigenvalue weighted by molar-refractivity contribution is 7.86. The van der Waals surface area contributed by atoms with Crippen LogP contribution in [0.1, 0.15) is 73.1 Å². The first kappa shape index (κ1) is 32.5. The Balaban J connectivity index is 0. The van der Waals surface area contributed by atoms with E-state index < -0.39 is 30.5 Å². The minimum Gasteiger partial charge on any atom is -0.741 e. The summed E-state index contributed by atoms with van der Waals surface area (Å²) >= 11 is 0. The van der Waals surface area contributed by atoms with Gasteiger partial charge in [0.25, 0.3) is 0 Å². The second kappa shape index (κ2) is 16.0. The molecular weight excluding hydrogens is 463 g/mol. The quantitative estimate of drug-likeness (QED) is 0.141. The van der Waals surface area contributed by atoms with Gasteiger partial charge in [-0.15, -0.1) is 0 Å². The summed E-state index contributed by atoms with van der Waals surface area (Å²) in [4.78, 5) is 0. The zero-order chi connectivity index (χ0) is 23.9. The smallest absolute Gasteiger partial charge is 0.485 e. The van der Waals surface area contributed by atoms with Crippen molar-refractivity contribution in [1.82, 2.24) is 0 Å². The van der Waals surface area contributed by atoms with Crippen molar-refractivity contribution in [3.8, 4) is 0 Å². The predicted molar refractivity (Wildman–Crippen MR) is 118 cm³/mol. The Morgan fingerprint density at radius 3 is 1.33 bits per heavy atom. The van der Waals surface area contributed by atoms with Crippen LogP contribution < -0.4 is 0 Å². The molecule has 12 heteroatoms. The van der Waals surface area contributed by atoms with Crippen molar-refractivity contribution in [2.45, 2.75) is 78.7 Å². The normalized spacial score (nSPS) is 13.1. The fourth-order valence-electron chi connectivity index (χ4n) is 2.91. The molecule has 0 unspecified atom stereocenters. The summed E-state index contributed by atoms with van der Waals surface area (Å²) in [7, 11) is -10.2. The average Bonchev–Trinajstić information content (AvgIpc) is 2.62. The van der Waals surface area contributed by atoms with Gasteiger partial charge in [0, 0.05) is 7.26 Å². The van der Waals surface area contributed by atoms with E-state index in [0.717, 1.165) is 0 Å². The van der Waals surface area contributed by atoms with Crippen molar-refractivity contribution in [3.63, 3.8) is 0 Å². The van der Waals surface area contributed by atoms with Crippen molar-refractivity contribution in [2.24, 2.45) is 0 Å². The van der Waals surface area contributed by atoms with Crippen LogP contribution in [0.4, 0.5) is 13.2 Å². The lowest BCUT2D eigenvalue weighted by Crippen LogP contribution is -2.21. The molecule has 0 aliphatic rings. The largest absolute Gasteiger partial charge is 0.741 e. The first-order valence-electron chi connectivity index (χ1n) is 10.5. The van der Waals surface area contributed by atoms with Gasteiger partial charge in [0.15, 0.2) is 16.0 Å². The third-order valence-electron chi connectivity index (χ3n) is 4.37. The van der Waals surface area contributed by atoms with Crippen molar-refractivity contribution in [3.05, 3.63) is 0 Å². The van der Waals surface area contributed by atoms with Gasteiger partial charge in [0.1, 0.15) is 0 Å². The van der Waals surface area contributed by atoms with Crippen molar-refractivity contribution < 1.29 is 39.8 Å². The number of hydrogen-bond acceptors (Lipinski definition) is 6. The zero-order valence-corrected chi connectivity index (χ0v) is 21.5. The summed E-state index contributed by atoms with van der Waals surface area (Å²) < 4.78 is 83.3. The molecule has 184 valence electrons.